The molecule has 0 spiro atoms. The number of amides is 1. The van der Waals surface area contributed by atoms with Crippen molar-refractivity contribution in [2.45, 2.75) is 65.5 Å². The van der Waals surface area contributed by atoms with Crippen molar-refractivity contribution >= 4 is 5.91 Å². The minimum absolute atomic E-state index is 0.335. The van der Waals surface area contributed by atoms with Crippen LogP contribution in [0.4, 0.5) is 0 Å². The van der Waals surface area contributed by atoms with Crippen LogP contribution in [0.15, 0.2) is 0 Å². The van der Waals surface area contributed by atoms with E-state index in [4.69, 9.17) is 0 Å². The molecule has 1 amide bonds. The standard InChI is InChI=1S/C14H28N2O/c1-11(2)8-10-16(13-5-6-13)14(17)7-9-15-12(3)4/h11-13,15H,5-10H2,1-4H3. The van der Waals surface area contributed by atoms with E-state index in [-0.39, 0.29) is 0 Å². The molecular weight excluding hydrogens is 212 g/mol. The molecule has 17 heavy (non-hydrogen) atoms. The average Bonchev–Trinajstić information content (AvgIpc) is 3.01. The van der Waals surface area contributed by atoms with Crippen LogP contribution in [0.25, 0.3) is 0 Å². The molecule has 0 bridgehead atoms. The summed E-state index contributed by atoms with van der Waals surface area (Å²) in [6, 6.07) is 1.02. The van der Waals surface area contributed by atoms with Gasteiger partial charge >= 0.3 is 0 Å². The smallest absolute Gasteiger partial charge is 0.224 e. The molecule has 1 saturated carbocycles. The van der Waals surface area contributed by atoms with Crippen LogP contribution in [-0.2, 0) is 4.79 Å². The van der Waals surface area contributed by atoms with Crippen molar-refractivity contribution in [3.05, 3.63) is 0 Å². The molecule has 3 heteroatoms. The Labute approximate surface area is 106 Å². The van der Waals surface area contributed by atoms with Crippen molar-refractivity contribution < 1.29 is 4.79 Å². The summed E-state index contributed by atoms with van der Waals surface area (Å²) < 4.78 is 0. The lowest BCUT2D eigenvalue weighted by molar-refractivity contribution is -0.131. The zero-order valence-corrected chi connectivity index (χ0v) is 11.8. The monoisotopic (exact) mass is 240 g/mol. The molecule has 0 aromatic carbocycles. The molecule has 0 unspecified atom stereocenters. The fraction of sp³-hybridized carbons (Fsp3) is 0.929. The first-order valence-corrected chi connectivity index (χ1v) is 7.03. The van der Waals surface area contributed by atoms with Gasteiger partial charge in [0.1, 0.15) is 0 Å². The predicted octanol–water partition coefficient (Wildman–Crippen LogP) is 2.41. The van der Waals surface area contributed by atoms with E-state index in [0.717, 1.165) is 19.5 Å². The third-order valence-corrected chi connectivity index (χ3v) is 3.15. The van der Waals surface area contributed by atoms with Crippen LogP contribution in [0, 0.1) is 5.92 Å². The Kier molecular flexibility index (Phi) is 5.96. The first kappa shape index (κ1) is 14.5. The molecule has 0 radical (unpaired) electrons. The molecule has 0 aliphatic heterocycles. The highest BCUT2D eigenvalue weighted by molar-refractivity contribution is 5.77. The lowest BCUT2D eigenvalue weighted by atomic mass is 10.1. The van der Waals surface area contributed by atoms with Crippen molar-refractivity contribution in [3.63, 3.8) is 0 Å². The van der Waals surface area contributed by atoms with Gasteiger partial charge in [-0.25, -0.2) is 0 Å². The van der Waals surface area contributed by atoms with Crippen LogP contribution in [0.2, 0.25) is 0 Å². The molecule has 3 nitrogen and oxygen atoms in total. The molecule has 1 aliphatic carbocycles. The van der Waals surface area contributed by atoms with E-state index in [1.54, 1.807) is 0 Å². The summed E-state index contributed by atoms with van der Waals surface area (Å²) in [7, 11) is 0. The Morgan fingerprint density at radius 1 is 1.29 bits per heavy atom. The van der Waals surface area contributed by atoms with Crippen molar-refractivity contribution in [2.75, 3.05) is 13.1 Å². The normalized spacial score (nSPS) is 15.6. The summed E-state index contributed by atoms with van der Waals surface area (Å²) in [6.45, 7) is 10.4. The Bertz CT molecular complexity index is 234. The van der Waals surface area contributed by atoms with Crippen LogP contribution in [-0.4, -0.2) is 36.0 Å². The molecule has 0 atom stereocenters. The third-order valence-electron chi connectivity index (χ3n) is 3.15. The maximum Gasteiger partial charge on any atom is 0.224 e. The fourth-order valence-corrected chi connectivity index (χ4v) is 1.91. The maximum atomic E-state index is 12.1. The Hall–Kier alpha value is -0.570. The molecule has 0 aromatic rings. The second kappa shape index (κ2) is 7.00. The van der Waals surface area contributed by atoms with Gasteiger partial charge in [-0.05, 0) is 25.2 Å². The maximum absolute atomic E-state index is 12.1. The van der Waals surface area contributed by atoms with Crippen LogP contribution in [0.5, 0.6) is 0 Å². The zero-order valence-electron chi connectivity index (χ0n) is 11.8. The van der Waals surface area contributed by atoms with E-state index >= 15 is 0 Å². The molecule has 0 saturated heterocycles. The quantitative estimate of drug-likeness (QED) is 0.706. The van der Waals surface area contributed by atoms with Gasteiger partial charge in [0.05, 0.1) is 0 Å². The van der Waals surface area contributed by atoms with E-state index in [2.05, 4.69) is 37.9 Å². The second-order valence-corrected chi connectivity index (χ2v) is 5.86. The minimum Gasteiger partial charge on any atom is -0.340 e. The SMILES string of the molecule is CC(C)CCN(C(=O)CCNC(C)C)C1CC1. The number of carbonyl (C=O) groups is 1. The summed E-state index contributed by atoms with van der Waals surface area (Å²) in [5.74, 6) is 1.01. The van der Waals surface area contributed by atoms with Gasteiger partial charge < -0.3 is 10.2 Å². The molecule has 1 N–H and O–H groups in total. The minimum atomic E-state index is 0.335. The van der Waals surface area contributed by atoms with E-state index in [0.29, 0.717) is 30.3 Å². The first-order chi connectivity index (χ1) is 8.00. The van der Waals surface area contributed by atoms with E-state index in [1.807, 2.05) is 0 Å². The average molecular weight is 240 g/mol. The molecule has 1 fully saturated rings. The number of hydrogen-bond donors (Lipinski definition) is 1. The van der Waals surface area contributed by atoms with Gasteiger partial charge in [0, 0.05) is 31.6 Å². The van der Waals surface area contributed by atoms with Crippen molar-refractivity contribution in [2.24, 2.45) is 5.92 Å². The first-order valence-electron chi connectivity index (χ1n) is 7.03. The van der Waals surface area contributed by atoms with Gasteiger partial charge in [-0.15, -0.1) is 0 Å². The lowest BCUT2D eigenvalue weighted by Crippen LogP contribution is -2.37. The predicted molar refractivity (Wildman–Crippen MR) is 71.9 cm³/mol. The van der Waals surface area contributed by atoms with Gasteiger partial charge in [0.15, 0.2) is 0 Å². The van der Waals surface area contributed by atoms with E-state index in [9.17, 15) is 4.79 Å². The third kappa shape index (κ3) is 6.06. The second-order valence-electron chi connectivity index (χ2n) is 5.86. The molecule has 100 valence electrons. The summed E-state index contributed by atoms with van der Waals surface area (Å²) in [6.07, 6.45) is 4.19. The summed E-state index contributed by atoms with van der Waals surface area (Å²) in [5, 5.41) is 3.31. The summed E-state index contributed by atoms with van der Waals surface area (Å²) in [4.78, 5) is 14.2. The Morgan fingerprint density at radius 3 is 2.41 bits per heavy atom. The molecule has 0 heterocycles. The highest BCUT2D eigenvalue weighted by Crippen LogP contribution is 2.27. The largest absolute Gasteiger partial charge is 0.340 e. The lowest BCUT2D eigenvalue weighted by Gasteiger charge is -2.23. The van der Waals surface area contributed by atoms with Crippen molar-refractivity contribution in [1.29, 1.82) is 0 Å². The topological polar surface area (TPSA) is 32.3 Å². The Morgan fingerprint density at radius 2 is 1.94 bits per heavy atom. The van der Waals surface area contributed by atoms with Gasteiger partial charge in [0.25, 0.3) is 0 Å². The zero-order chi connectivity index (χ0) is 12.8. The van der Waals surface area contributed by atoms with Crippen molar-refractivity contribution in [1.82, 2.24) is 10.2 Å². The van der Waals surface area contributed by atoms with Gasteiger partial charge in [0.2, 0.25) is 5.91 Å². The number of rotatable bonds is 8. The van der Waals surface area contributed by atoms with Gasteiger partial charge in [-0.2, -0.15) is 0 Å². The number of hydrogen-bond acceptors (Lipinski definition) is 2. The highest BCUT2D eigenvalue weighted by atomic mass is 16.2. The van der Waals surface area contributed by atoms with Crippen LogP contribution in [0.1, 0.15) is 53.4 Å². The van der Waals surface area contributed by atoms with Crippen LogP contribution >= 0.6 is 0 Å². The number of nitrogens with one attached hydrogen (secondary N) is 1. The molecule has 0 aromatic heterocycles. The number of carbonyl (C=O) groups excluding carboxylic acids is 1. The van der Waals surface area contributed by atoms with E-state index < -0.39 is 0 Å². The summed E-state index contributed by atoms with van der Waals surface area (Å²) >= 11 is 0. The fourth-order valence-electron chi connectivity index (χ4n) is 1.91. The Balaban J connectivity index is 2.28. The highest BCUT2D eigenvalue weighted by Gasteiger charge is 2.31. The van der Waals surface area contributed by atoms with Gasteiger partial charge in [-0.1, -0.05) is 27.7 Å². The number of nitrogens with zero attached hydrogens (tertiary/aromatic N) is 1. The van der Waals surface area contributed by atoms with Gasteiger partial charge in [-0.3, -0.25) is 4.79 Å². The summed E-state index contributed by atoms with van der Waals surface area (Å²) in [5.41, 5.74) is 0. The molecular formula is C14H28N2O. The van der Waals surface area contributed by atoms with Crippen LogP contribution in [0.3, 0.4) is 0 Å². The van der Waals surface area contributed by atoms with E-state index in [1.165, 1.54) is 12.8 Å². The van der Waals surface area contributed by atoms with Crippen molar-refractivity contribution in [3.8, 4) is 0 Å². The van der Waals surface area contributed by atoms with Crippen LogP contribution < -0.4 is 5.32 Å². The molecule has 1 aliphatic rings. The molecule has 1 rings (SSSR count).